The summed E-state index contributed by atoms with van der Waals surface area (Å²) < 4.78 is 17.1. The van der Waals surface area contributed by atoms with Crippen molar-refractivity contribution in [3.8, 4) is 5.75 Å². The van der Waals surface area contributed by atoms with Crippen LogP contribution in [0.1, 0.15) is 41.5 Å². The minimum Gasteiger partial charge on any atom is -0.500 e. The van der Waals surface area contributed by atoms with Gasteiger partial charge in [0.15, 0.2) is 5.78 Å². The number of hydrogen-bond acceptors (Lipinski definition) is 4. The first-order valence-electron chi connectivity index (χ1n) is 11.0. The summed E-state index contributed by atoms with van der Waals surface area (Å²) in [5.74, 6) is 2.06. The van der Waals surface area contributed by atoms with E-state index in [9.17, 15) is 4.79 Å². The van der Waals surface area contributed by atoms with Gasteiger partial charge in [0.2, 0.25) is 0 Å². The standard InChI is InChI=1S/C27H30O4/c1-18-13-23(31-17-21-7-5-4-6-8-21)14-19(2)25(18)26-24(29-3)16-22(27(26)28)15-20-9-11-30-12-10-20/h4-8,13-15,20H,9-12,16-17H2,1-3H3/b22-15+. The summed E-state index contributed by atoms with van der Waals surface area (Å²) in [6.07, 6.45) is 4.66. The number of ether oxygens (including phenoxy) is 3. The fraction of sp³-hybridized carbons (Fsp3) is 0.370. The van der Waals surface area contributed by atoms with Crippen LogP contribution in [0, 0.1) is 19.8 Å². The van der Waals surface area contributed by atoms with Crippen LogP contribution in [-0.2, 0) is 20.9 Å². The number of methoxy groups -OCH3 is 1. The monoisotopic (exact) mass is 418 g/mol. The lowest BCUT2D eigenvalue weighted by atomic mass is 9.91. The van der Waals surface area contributed by atoms with Gasteiger partial charge in [-0.25, -0.2) is 0 Å². The molecule has 0 spiro atoms. The number of carbonyl (C=O) groups is 1. The molecule has 0 atom stereocenters. The van der Waals surface area contributed by atoms with Gasteiger partial charge in [0.25, 0.3) is 0 Å². The minimum atomic E-state index is 0.0903. The van der Waals surface area contributed by atoms with Crippen LogP contribution in [0.2, 0.25) is 0 Å². The van der Waals surface area contributed by atoms with Gasteiger partial charge >= 0.3 is 0 Å². The minimum absolute atomic E-state index is 0.0903. The van der Waals surface area contributed by atoms with E-state index in [1.54, 1.807) is 7.11 Å². The Balaban J connectivity index is 1.58. The molecule has 2 aromatic rings. The summed E-state index contributed by atoms with van der Waals surface area (Å²) in [5.41, 5.74) is 5.68. The molecule has 4 rings (SSSR count). The second-order valence-electron chi connectivity index (χ2n) is 8.36. The van der Waals surface area contributed by atoms with E-state index in [1.807, 2.05) is 56.3 Å². The van der Waals surface area contributed by atoms with E-state index >= 15 is 0 Å². The molecule has 0 bridgehead atoms. The Labute approximate surface area is 184 Å². The van der Waals surface area contributed by atoms with E-state index in [0.29, 0.717) is 24.5 Å². The fourth-order valence-corrected chi connectivity index (χ4v) is 4.50. The highest BCUT2D eigenvalue weighted by Gasteiger charge is 2.32. The molecule has 0 radical (unpaired) electrons. The predicted octanol–water partition coefficient (Wildman–Crippen LogP) is 5.57. The quantitative estimate of drug-likeness (QED) is 0.576. The van der Waals surface area contributed by atoms with Gasteiger partial charge in [0.1, 0.15) is 18.1 Å². The molecule has 1 aliphatic carbocycles. The molecule has 31 heavy (non-hydrogen) atoms. The topological polar surface area (TPSA) is 44.8 Å². The second kappa shape index (κ2) is 9.52. The Morgan fingerprint density at radius 1 is 1.06 bits per heavy atom. The number of rotatable bonds is 6. The number of hydrogen-bond donors (Lipinski definition) is 0. The largest absolute Gasteiger partial charge is 0.500 e. The SMILES string of the molecule is COC1=C(c2c(C)cc(OCc3ccccc3)cc2C)C(=O)/C(=C/C2CCOCC2)C1. The third-order valence-corrected chi connectivity index (χ3v) is 6.10. The van der Waals surface area contributed by atoms with Crippen LogP contribution in [0.15, 0.2) is 59.9 Å². The molecular weight excluding hydrogens is 388 g/mol. The fourth-order valence-electron chi connectivity index (χ4n) is 4.50. The van der Waals surface area contributed by atoms with Crippen molar-refractivity contribution in [2.75, 3.05) is 20.3 Å². The van der Waals surface area contributed by atoms with Crippen LogP contribution in [0.4, 0.5) is 0 Å². The molecule has 4 nitrogen and oxygen atoms in total. The molecule has 1 fully saturated rings. The van der Waals surface area contributed by atoms with Crippen molar-refractivity contribution in [3.05, 3.63) is 82.1 Å². The highest BCUT2D eigenvalue weighted by atomic mass is 16.5. The molecule has 1 heterocycles. The van der Waals surface area contributed by atoms with Crippen molar-refractivity contribution in [1.82, 2.24) is 0 Å². The maximum atomic E-state index is 13.4. The first-order valence-corrected chi connectivity index (χ1v) is 11.0. The van der Waals surface area contributed by atoms with E-state index in [1.165, 1.54) is 0 Å². The first kappa shape index (κ1) is 21.4. The maximum absolute atomic E-state index is 13.4. The third kappa shape index (κ3) is 4.75. The zero-order valence-corrected chi connectivity index (χ0v) is 18.6. The Morgan fingerprint density at radius 3 is 2.39 bits per heavy atom. The molecule has 0 saturated carbocycles. The molecule has 0 aromatic heterocycles. The summed E-state index contributed by atoms with van der Waals surface area (Å²) >= 11 is 0. The zero-order valence-electron chi connectivity index (χ0n) is 18.6. The summed E-state index contributed by atoms with van der Waals surface area (Å²) in [4.78, 5) is 13.4. The summed E-state index contributed by atoms with van der Waals surface area (Å²) in [7, 11) is 1.65. The predicted molar refractivity (Wildman–Crippen MR) is 122 cm³/mol. The Hall–Kier alpha value is -2.85. The molecule has 0 unspecified atom stereocenters. The van der Waals surface area contributed by atoms with Crippen molar-refractivity contribution < 1.29 is 19.0 Å². The van der Waals surface area contributed by atoms with Crippen molar-refractivity contribution in [3.63, 3.8) is 0 Å². The van der Waals surface area contributed by atoms with Gasteiger partial charge in [-0.2, -0.15) is 0 Å². The molecule has 4 heteroatoms. The van der Waals surface area contributed by atoms with Gasteiger partial charge in [0.05, 0.1) is 12.7 Å². The van der Waals surface area contributed by atoms with Crippen molar-refractivity contribution in [1.29, 1.82) is 0 Å². The lowest BCUT2D eigenvalue weighted by Gasteiger charge is -2.19. The van der Waals surface area contributed by atoms with Crippen molar-refractivity contribution in [2.24, 2.45) is 5.92 Å². The lowest BCUT2D eigenvalue weighted by molar-refractivity contribution is -0.110. The van der Waals surface area contributed by atoms with Crippen LogP contribution in [0.5, 0.6) is 5.75 Å². The average Bonchev–Trinajstić information content (AvgIpc) is 3.08. The number of benzene rings is 2. The number of carbonyl (C=O) groups excluding carboxylic acids is 1. The average molecular weight is 419 g/mol. The third-order valence-electron chi connectivity index (χ3n) is 6.10. The molecule has 1 saturated heterocycles. The molecular formula is C27H30O4. The summed E-state index contributed by atoms with van der Waals surface area (Å²) in [6, 6.07) is 14.1. The van der Waals surface area contributed by atoms with Gasteiger partial charge in [-0.3, -0.25) is 4.79 Å². The van der Waals surface area contributed by atoms with Gasteiger partial charge in [0, 0.05) is 25.2 Å². The van der Waals surface area contributed by atoms with Crippen molar-refractivity contribution >= 4 is 11.4 Å². The first-order chi connectivity index (χ1) is 15.1. The normalized spacial score (nSPS) is 18.7. The van der Waals surface area contributed by atoms with E-state index in [0.717, 1.165) is 65.4 Å². The summed E-state index contributed by atoms with van der Waals surface area (Å²) in [5, 5.41) is 0. The highest BCUT2D eigenvalue weighted by Crippen LogP contribution is 2.40. The van der Waals surface area contributed by atoms with E-state index in [4.69, 9.17) is 14.2 Å². The Bertz CT molecular complexity index is 988. The number of ketones is 1. The van der Waals surface area contributed by atoms with Crippen molar-refractivity contribution in [2.45, 2.75) is 39.7 Å². The highest BCUT2D eigenvalue weighted by molar-refractivity contribution is 6.32. The zero-order chi connectivity index (χ0) is 21.8. The molecule has 0 amide bonds. The van der Waals surface area contributed by atoms with Crippen LogP contribution in [-0.4, -0.2) is 26.1 Å². The Morgan fingerprint density at radius 2 is 1.74 bits per heavy atom. The van der Waals surface area contributed by atoms with Gasteiger partial charge < -0.3 is 14.2 Å². The van der Waals surface area contributed by atoms with E-state index in [2.05, 4.69) is 6.08 Å². The molecule has 0 N–H and O–H groups in total. The van der Waals surface area contributed by atoms with Gasteiger partial charge in [-0.15, -0.1) is 0 Å². The van der Waals surface area contributed by atoms with Gasteiger partial charge in [-0.1, -0.05) is 36.4 Å². The maximum Gasteiger partial charge on any atom is 0.193 e. The lowest BCUT2D eigenvalue weighted by Crippen LogP contribution is -2.15. The molecule has 2 aromatic carbocycles. The molecule has 1 aliphatic heterocycles. The Kier molecular flexibility index (Phi) is 6.57. The van der Waals surface area contributed by atoms with Gasteiger partial charge in [-0.05, 0) is 67.0 Å². The number of aryl methyl sites for hydroxylation is 2. The van der Waals surface area contributed by atoms with E-state index < -0.39 is 0 Å². The van der Waals surface area contributed by atoms with Crippen LogP contribution in [0.3, 0.4) is 0 Å². The summed E-state index contributed by atoms with van der Waals surface area (Å²) in [6.45, 7) is 6.12. The molecule has 162 valence electrons. The van der Waals surface area contributed by atoms with Crippen LogP contribution in [0.25, 0.3) is 5.57 Å². The molecule has 2 aliphatic rings. The number of Topliss-reactive ketones (excluding diaryl/α,β-unsaturated/α-hetero) is 1. The van der Waals surface area contributed by atoms with Crippen LogP contribution >= 0.6 is 0 Å². The smallest absolute Gasteiger partial charge is 0.193 e. The second-order valence-corrected chi connectivity index (χ2v) is 8.36. The van der Waals surface area contributed by atoms with E-state index in [-0.39, 0.29) is 5.78 Å². The number of allylic oxidation sites excluding steroid dienone is 3. The van der Waals surface area contributed by atoms with Crippen LogP contribution < -0.4 is 4.74 Å².